The molecule has 4 nitrogen and oxygen atoms in total. The van der Waals surface area contributed by atoms with Crippen LogP contribution >= 0.6 is 0 Å². The molecule has 0 aliphatic rings. The summed E-state index contributed by atoms with van der Waals surface area (Å²) in [7, 11) is -3.51. The molecule has 21 heavy (non-hydrogen) atoms. The van der Waals surface area contributed by atoms with E-state index >= 15 is 0 Å². The summed E-state index contributed by atoms with van der Waals surface area (Å²) in [6, 6.07) is 3.38. The van der Waals surface area contributed by atoms with Gasteiger partial charge in [-0.15, -0.1) is 0 Å². The Morgan fingerprint density at radius 2 is 1.86 bits per heavy atom. The number of hydrogen-bond acceptors (Lipinski definition) is 3. The highest BCUT2D eigenvalue weighted by atomic mass is 32.2. The van der Waals surface area contributed by atoms with Gasteiger partial charge in [0.05, 0.1) is 4.90 Å². The maximum atomic E-state index is 13.0. The first-order valence-electron chi connectivity index (χ1n) is 7.64. The summed E-state index contributed by atoms with van der Waals surface area (Å²) in [5.41, 5.74) is 8.04. The van der Waals surface area contributed by atoms with Crippen LogP contribution in [0.2, 0.25) is 0 Å². The van der Waals surface area contributed by atoms with Crippen molar-refractivity contribution in [1.29, 1.82) is 0 Å². The Morgan fingerprint density at radius 3 is 2.38 bits per heavy atom. The lowest BCUT2D eigenvalue weighted by atomic mass is 10.1. The zero-order valence-electron chi connectivity index (χ0n) is 13.8. The second-order valence-electron chi connectivity index (χ2n) is 5.69. The van der Waals surface area contributed by atoms with Crippen molar-refractivity contribution in [2.45, 2.75) is 64.8 Å². The molecule has 0 fully saturated rings. The van der Waals surface area contributed by atoms with E-state index in [0.717, 1.165) is 30.4 Å². The highest BCUT2D eigenvalue weighted by Crippen LogP contribution is 2.27. The normalized spacial score (nSPS) is 13.6. The van der Waals surface area contributed by atoms with Crippen molar-refractivity contribution in [1.82, 2.24) is 4.31 Å². The van der Waals surface area contributed by atoms with Crippen molar-refractivity contribution in [2.24, 2.45) is 0 Å². The van der Waals surface area contributed by atoms with Gasteiger partial charge in [-0.1, -0.05) is 20.3 Å². The molecule has 0 bridgehead atoms. The fourth-order valence-electron chi connectivity index (χ4n) is 2.34. The van der Waals surface area contributed by atoms with E-state index in [1.807, 2.05) is 33.8 Å². The molecule has 0 saturated carbocycles. The van der Waals surface area contributed by atoms with Crippen molar-refractivity contribution in [2.75, 3.05) is 12.3 Å². The van der Waals surface area contributed by atoms with Crippen LogP contribution in [0, 0.1) is 13.8 Å². The number of benzene rings is 1. The van der Waals surface area contributed by atoms with Crippen LogP contribution in [0.5, 0.6) is 0 Å². The van der Waals surface area contributed by atoms with E-state index in [1.165, 1.54) is 0 Å². The number of nitrogens with zero attached hydrogens (tertiary/aromatic N) is 1. The van der Waals surface area contributed by atoms with Crippen molar-refractivity contribution in [3.63, 3.8) is 0 Å². The van der Waals surface area contributed by atoms with Crippen LogP contribution < -0.4 is 5.73 Å². The molecule has 0 saturated heterocycles. The Hall–Kier alpha value is -1.07. The van der Waals surface area contributed by atoms with Crippen molar-refractivity contribution < 1.29 is 8.42 Å². The van der Waals surface area contributed by atoms with Crippen molar-refractivity contribution >= 4 is 15.7 Å². The topological polar surface area (TPSA) is 63.4 Å². The molecule has 0 amide bonds. The van der Waals surface area contributed by atoms with Gasteiger partial charge in [0.2, 0.25) is 10.0 Å². The van der Waals surface area contributed by atoms with Gasteiger partial charge in [-0.3, -0.25) is 0 Å². The van der Waals surface area contributed by atoms with E-state index in [-0.39, 0.29) is 6.04 Å². The second-order valence-corrected chi connectivity index (χ2v) is 7.55. The van der Waals surface area contributed by atoms with Crippen LogP contribution in [0.1, 0.15) is 51.2 Å². The molecular weight excluding hydrogens is 284 g/mol. The Morgan fingerprint density at radius 1 is 1.24 bits per heavy atom. The largest absolute Gasteiger partial charge is 0.399 e. The Bertz CT molecular complexity index is 582. The molecule has 0 spiro atoms. The van der Waals surface area contributed by atoms with Crippen LogP contribution in [0.15, 0.2) is 17.0 Å². The maximum absolute atomic E-state index is 13.0. The quantitative estimate of drug-likeness (QED) is 0.784. The molecule has 2 N–H and O–H groups in total. The molecule has 1 rings (SSSR count). The Kier molecular flexibility index (Phi) is 6.23. The van der Waals surface area contributed by atoms with Gasteiger partial charge in [0, 0.05) is 18.3 Å². The summed E-state index contributed by atoms with van der Waals surface area (Å²) in [5.74, 6) is 0. The smallest absolute Gasteiger partial charge is 0.243 e. The van der Waals surface area contributed by atoms with Gasteiger partial charge >= 0.3 is 0 Å². The van der Waals surface area contributed by atoms with Crippen LogP contribution in [0.25, 0.3) is 0 Å². The molecule has 1 aromatic rings. The minimum absolute atomic E-state index is 0.0114. The summed E-state index contributed by atoms with van der Waals surface area (Å²) < 4.78 is 27.7. The summed E-state index contributed by atoms with van der Waals surface area (Å²) in [6.07, 6.45) is 2.63. The first-order valence-corrected chi connectivity index (χ1v) is 9.08. The standard InChI is InChI=1S/C16H28N2O2S/c1-6-8-9-18(13(4)7-2)21(19,20)16-11-15(17)10-12(3)14(16)5/h10-11,13H,6-9,17H2,1-5H3. The molecule has 0 aliphatic heterocycles. The first-order chi connectivity index (χ1) is 9.75. The van der Waals surface area contributed by atoms with Gasteiger partial charge in [-0.05, 0) is 56.9 Å². The second kappa shape index (κ2) is 7.27. The number of nitrogen functional groups attached to an aromatic ring is 1. The molecule has 1 aromatic carbocycles. The highest BCUT2D eigenvalue weighted by Gasteiger charge is 2.29. The van der Waals surface area contributed by atoms with Crippen LogP contribution in [-0.4, -0.2) is 25.3 Å². The average molecular weight is 312 g/mol. The zero-order chi connectivity index (χ0) is 16.2. The molecule has 0 heterocycles. The third-order valence-electron chi connectivity index (χ3n) is 4.04. The molecular formula is C16H28N2O2S. The number of nitrogens with two attached hydrogens (primary N) is 1. The molecule has 1 atom stereocenters. The zero-order valence-corrected chi connectivity index (χ0v) is 14.6. The maximum Gasteiger partial charge on any atom is 0.243 e. The van der Waals surface area contributed by atoms with Gasteiger partial charge in [0.1, 0.15) is 0 Å². The summed E-state index contributed by atoms with van der Waals surface area (Å²) in [5, 5.41) is 0. The predicted octanol–water partition coefficient (Wildman–Crippen LogP) is 3.47. The summed E-state index contributed by atoms with van der Waals surface area (Å²) in [4.78, 5) is 0.344. The third-order valence-corrected chi connectivity index (χ3v) is 6.18. The van der Waals surface area contributed by atoms with Crippen LogP contribution in [0.3, 0.4) is 0 Å². The average Bonchev–Trinajstić information content (AvgIpc) is 2.42. The predicted molar refractivity (Wildman–Crippen MR) is 88.9 cm³/mol. The lowest BCUT2D eigenvalue weighted by molar-refractivity contribution is 0.324. The number of aryl methyl sites for hydroxylation is 1. The Labute approximate surface area is 129 Å². The van der Waals surface area contributed by atoms with E-state index in [0.29, 0.717) is 17.1 Å². The minimum Gasteiger partial charge on any atom is -0.399 e. The number of anilines is 1. The summed E-state index contributed by atoms with van der Waals surface area (Å²) >= 11 is 0. The number of sulfonamides is 1. The molecule has 120 valence electrons. The molecule has 5 heteroatoms. The fourth-order valence-corrected chi connectivity index (χ4v) is 4.42. The number of unbranched alkanes of at least 4 members (excludes halogenated alkanes) is 1. The number of rotatable bonds is 7. The van der Waals surface area contributed by atoms with E-state index in [4.69, 9.17) is 5.73 Å². The van der Waals surface area contributed by atoms with Gasteiger partial charge in [0.15, 0.2) is 0 Å². The third kappa shape index (κ3) is 3.98. The molecule has 1 unspecified atom stereocenters. The van der Waals surface area contributed by atoms with E-state index in [1.54, 1.807) is 10.4 Å². The summed E-state index contributed by atoms with van der Waals surface area (Å²) in [6.45, 7) is 10.3. The van der Waals surface area contributed by atoms with Gasteiger partial charge in [0.25, 0.3) is 0 Å². The van der Waals surface area contributed by atoms with E-state index < -0.39 is 10.0 Å². The van der Waals surface area contributed by atoms with Crippen LogP contribution in [0.4, 0.5) is 5.69 Å². The first kappa shape index (κ1) is 18.0. The monoisotopic (exact) mass is 312 g/mol. The lowest BCUT2D eigenvalue weighted by Gasteiger charge is -2.28. The van der Waals surface area contributed by atoms with Gasteiger partial charge in [-0.2, -0.15) is 4.31 Å². The molecule has 0 aromatic heterocycles. The minimum atomic E-state index is -3.51. The van der Waals surface area contributed by atoms with E-state index in [9.17, 15) is 8.42 Å². The SMILES string of the molecule is CCCCN(C(C)CC)S(=O)(=O)c1cc(N)cc(C)c1C. The van der Waals surface area contributed by atoms with Crippen molar-refractivity contribution in [3.8, 4) is 0 Å². The lowest BCUT2D eigenvalue weighted by Crippen LogP contribution is -2.39. The highest BCUT2D eigenvalue weighted by molar-refractivity contribution is 7.89. The van der Waals surface area contributed by atoms with Crippen molar-refractivity contribution in [3.05, 3.63) is 23.3 Å². The van der Waals surface area contributed by atoms with Gasteiger partial charge in [-0.25, -0.2) is 8.42 Å². The van der Waals surface area contributed by atoms with Gasteiger partial charge < -0.3 is 5.73 Å². The fraction of sp³-hybridized carbons (Fsp3) is 0.625. The number of hydrogen-bond donors (Lipinski definition) is 1. The Balaban J connectivity index is 3.35. The van der Waals surface area contributed by atoms with Crippen LogP contribution in [-0.2, 0) is 10.0 Å². The van der Waals surface area contributed by atoms with E-state index in [2.05, 4.69) is 6.92 Å². The molecule has 0 aliphatic carbocycles. The molecule has 0 radical (unpaired) electrons.